The highest BCUT2D eigenvalue weighted by molar-refractivity contribution is 7.89. The molecule has 0 saturated carbocycles. The molecule has 1 heterocycles. The Balaban J connectivity index is 1.82. The van der Waals surface area contributed by atoms with E-state index in [-0.39, 0.29) is 11.4 Å². The van der Waals surface area contributed by atoms with Gasteiger partial charge in [-0.05, 0) is 31.2 Å². The van der Waals surface area contributed by atoms with Gasteiger partial charge in [0.05, 0.1) is 13.1 Å². The monoisotopic (exact) mass is 405 g/mol. The molecule has 0 radical (unpaired) electrons. The van der Waals surface area contributed by atoms with Crippen LogP contribution in [0.25, 0.3) is 0 Å². The van der Waals surface area contributed by atoms with E-state index in [1.54, 1.807) is 6.07 Å². The van der Waals surface area contributed by atoms with Crippen molar-refractivity contribution in [2.24, 2.45) is 4.99 Å². The number of aliphatic imine (C=N–C) groups is 1. The molecule has 1 aromatic carbocycles. The van der Waals surface area contributed by atoms with Crippen molar-refractivity contribution in [2.75, 3.05) is 39.8 Å². The van der Waals surface area contributed by atoms with Gasteiger partial charge in [-0.3, -0.25) is 9.98 Å². The zero-order valence-electron chi connectivity index (χ0n) is 16.2. The molecule has 2 rings (SSSR count). The van der Waals surface area contributed by atoms with Gasteiger partial charge in [-0.25, -0.2) is 13.1 Å². The lowest BCUT2D eigenvalue weighted by Crippen LogP contribution is -2.41. The Hall–Kier alpha value is -2.65. The molecule has 2 aromatic rings. The minimum atomic E-state index is -3.57. The number of para-hydroxylation sites is 1. The fourth-order valence-electron chi connectivity index (χ4n) is 2.32. The summed E-state index contributed by atoms with van der Waals surface area (Å²) in [5, 5.41) is 3.19. The Morgan fingerprint density at radius 1 is 1.21 bits per heavy atom. The fraction of sp³-hybridized carbons (Fsp3) is 0.368. The van der Waals surface area contributed by atoms with Crippen LogP contribution in [0.2, 0.25) is 0 Å². The first-order valence-electron chi connectivity index (χ1n) is 9.10. The summed E-state index contributed by atoms with van der Waals surface area (Å²) in [5.74, 6) is 1.52. The molecule has 0 aliphatic rings. The molecule has 0 saturated heterocycles. The first kappa shape index (κ1) is 21.6. The third-order valence-electron chi connectivity index (χ3n) is 3.75. The van der Waals surface area contributed by atoms with Crippen molar-refractivity contribution in [1.29, 1.82) is 0 Å². The first-order valence-corrected chi connectivity index (χ1v) is 10.6. The molecule has 28 heavy (non-hydrogen) atoms. The van der Waals surface area contributed by atoms with Crippen molar-refractivity contribution in [3.05, 3.63) is 54.9 Å². The number of benzene rings is 1. The van der Waals surface area contributed by atoms with E-state index in [1.807, 2.05) is 49.2 Å². The molecule has 0 atom stereocenters. The number of ether oxygens (including phenoxy) is 1. The van der Waals surface area contributed by atoms with Gasteiger partial charge in [0, 0.05) is 32.5 Å². The quantitative estimate of drug-likeness (QED) is 0.352. The molecule has 0 aliphatic carbocycles. The second kappa shape index (κ2) is 11.3. The Kier molecular flexibility index (Phi) is 8.70. The molecule has 0 spiro atoms. The summed E-state index contributed by atoms with van der Waals surface area (Å²) in [7, 11) is -1.66. The third-order valence-corrected chi connectivity index (χ3v) is 5.19. The van der Waals surface area contributed by atoms with Crippen LogP contribution in [0.4, 0.5) is 0 Å². The standard InChI is InChI=1S/C19H27N5O3S/c1-3-21-19(24(2)14-15-27-17-8-5-4-6-9-17)22-12-13-23-28(25,26)18-10-7-11-20-16-18/h4-11,16,23H,3,12-15H2,1-2H3,(H,21,22). The number of sulfonamides is 1. The normalized spacial score (nSPS) is 11.9. The Morgan fingerprint density at radius 3 is 2.68 bits per heavy atom. The molecule has 0 aliphatic heterocycles. The second-order valence-corrected chi connectivity index (χ2v) is 7.67. The number of likely N-dealkylation sites (N-methyl/N-ethyl adjacent to an activating group) is 1. The summed E-state index contributed by atoms with van der Waals surface area (Å²) in [4.78, 5) is 10.4. The summed E-state index contributed by atoms with van der Waals surface area (Å²) < 4.78 is 32.6. The van der Waals surface area contributed by atoms with Crippen LogP contribution < -0.4 is 14.8 Å². The van der Waals surface area contributed by atoms with Crippen LogP contribution >= 0.6 is 0 Å². The average molecular weight is 406 g/mol. The molecule has 0 fully saturated rings. The van der Waals surface area contributed by atoms with Crippen molar-refractivity contribution < 1.29 is 13.2 Å². The Bertz CT molecular complexity index is 829. The molecule has 9 heteroatoms. The van der Waals surface area contributed by atoms with Crippen LogP contribution in [0.5, 0.6) is 5.75 Å². The van der Waals surface area contributed by atoms with Gasteiger partial charge in [-0.2, -0.15) is 0 Å². The predicted octanol–water partition coefficient (Wildman–Crippen LogP) is 1.34. The van der Waals surface area contributed by atoms with Gasteiger partial charge >= 0.3 is 0 Å². The zero-order chi connectivity index (χ0) is 20.2. The maximum absolute atomic E-state index is 12.2. The smallest absolute Gasteiger partial charge is 0.242 e. The van der Waals surface area contributed by atoms with Crippen molar-refractivity contribution >= 4 is 16.0 Å². The van der Waals surface area contributed by atoms with E-state index in [2.05, 4.69) is 20.0 Å². The number of hydrogen-bond acceptors (Lipinski definition) is 5. The minimum absolute atomic E-state index is 0.140. The van der Waals surface area contributed by atoms with Gasteiger partial charge in [0.25, 0.3) is 0 Å². The number of nitrogens with one attached hydrogen (secondary N) is 2. The summed E-state index contributed by atoms with van der Waals surface area (Å²) in [6.45, 7) is 4.35. The lowest BCUT2D eigenvalue weighted by molar-refractivity contribution is 0.281. The molecule has 2 N–H and O–H groups in total. The average Bonchev–Trinajstić information content (AvgIpc) is 2.71. The fourth-order valence-corrected chi connectivity index (χ4v) is 3.31. The van der Waals surface area contributed by atoms with E-state index < -0.39 is 10.0 Å². The van der Waals surface area contributed by atoms with Gasteiger partial charge in [0.15, 0.2) is 5.96 Å². The molecule has 8 nitrogen and oxygen atoms in total. The number of aromatic nitrogens is 1. The molecular formula is C19H27N5O3S. The number of rotatable bonds is 10. The number of pyridine rings is 1. The van der Waals surface area contributed by atoms with Crippen LogP contribution in [0.1, 0.15) is 6.92 Å². The molecular weight excluding hydrogens is 378 g/mol. The number of hydrogen-bond donors (Lipinski definition) is 2. The van der Waals surface area contributed by atoms with Gasteiger partial charge in [0.2, 0.25) is 10.0 Å². The Labute approximate surface area is 166 Å². The predicted molar refractivity (Wildman–Crippen MR) is 110 cm³/mol. The molecule has 1 aromatic heterocycles. The number of guanidine groups is 1. The highest BCUT2D eigenvalue weighted by atomic mass is 32.2. The number of nitrogens with zero attached hydrogens (tertiary/aromatic N) is 3. The zero-order valence-corrected chi connectivity index (χ0v) is 17.0. The van der Waals surface area contributed by atoms with Crippen LogP contribution in [-0.4, -0.2) is 64.1 Å². The maximum atomic E-state index is 12.2. The lowest BCUT2D eigenvalue weighted by Gasteiger charge is -2.22. The van der Waals surface area contributed by atoms with Gasteiger partial charge in [0.1, 0.15) is 17.3 Å². The topological polar surface area (TPSA) is 95.9 Å². The Morgan fingerprint density at radius 2 is 2.00 bits per heavy atom. The van der Waals surface area contributed by atoms with Gasteiger partial charge < -0.3 is 15.0 Å². The van der Waals surface area contributed by atoms with Crippen molar-refractivity contribution in [2.45, 2.75) is 11.8 Å². The van der Waals surface area contributed by atoms with E-state index in [1.165, 1.54) is 18.5 Å². The molecule has 152 valence electrons. The van der Waals surface area contributed by atoms with Gasteiger partial charge in [-0.1, -0.05) is 18.2 Å². The molecule has 0 bridgehead atoms. The van der Waals surface area contributed by atoms with Gasteiger partial charge in [-0.15, -0.1) is 0 Å². The van der Waals surface area contributed by atoms with E-state index >= 15 is 0 Å². The highest BCUT2D eigenvalue weighted by Gasteiger charge is 2.13. The SMILES string of the molecule is CCNC(=NCCNS(=O)(=O)c1cccnc1)N(C)CCOc1ccccc1. The largest absolute Gasteiger partial charge is 0.492 e. The minimum Gasteiger partial charge on any atom is -0.492 e. The second-order valence-electron chi connectivity index (χ2n) is 5.91. The van der Waals surface area contributed by atoms with E-state index in [0.29, 0.717) is 32.2 Å². The van der Waals surface area contributed by atoms with Crippen molar-refractivity contribution in [3.63, 3.8) is 0 Å². The third kappa shape index (κ3) is 7.16. The van der Waals surface area contributed by atoms with Crippen LogP contribution in [0, 0.1) is 0 Å². The van der Waals surface area contributed by atoms with E-state index in [4.69, 9.17) is 4.74 Å². The molecule has 0 unspecified atom stereocenters. The highest BCUT2D eigenvalue weighted by Crippen LogP contribution is 2.08. The van der Waals surface area contributed by atoms with Crippen LogP contribution in [0.3, 0.4) is 0 Å². The summed E-state index contributed by atoms with van der Waals surface area (Å²) >= 11 is 0. The lowest BCUT2D eigenvalue weighted by atomic mass is 10.3. The summed E-state index contributed by atoms with van der Waals surface area (Å²) in [6, 6.07) is 12.7. The first-order chi connectivity index (χ1) is 13.5. The molecule has 0 amide bonds. The van der Waals surface area contributed by atoms with E-state index in [0.717, 1.165) is 5.75 Å². The summed E-state index contributed by atoms with van der Waals surface area (Å²) in [6.07, 6.45) is 2.85. The van der Waals surface area contributed by atoms with E-state index in [9.17, 15) is 8.42 Å². The summed E-state index contributed by atoms with van der Waals surface area (Å²) in [5.41, 5.74) is 0. The van der Waals surface area contributed by atoms with Crippen LogP contribution in [-0.2, 0) is 10.0 Å². The van der Waals surface area contributed by atoms with Crippen molar-refractivity contribution in [1.82, 2.24) is 19.9 Å². The van der Waals surface area contributed by atoms with Crippen LogP contribution in [0.15, 0.2) is 64.7 Å². The maximum Gasteiger partial charge on any atom is 0.242 e. The van der Waals surface area contributed by atoms with Crippen molar-refractivity contribution in [3.8, 4) is 5.75 Å².